The van der Waals surface area contributed by atoms with Gasteiger partial charge in [0.1, 0.15) is 10.7 Å². The summed E-state index contributed by atoms with van der Waals surface area (Å²) in [4.78, 5) is 15.2. The molecule has 11 heteroatoms. The van der Waals surface area contributed by atoms with E-state index in [-0.39, 0.29) is 21.8 Å². The van der Waals surface area contributed by atoms with E-state index in [0.29, 0.717) is 17.9 Å². The Morgan fingerprint density at radius 2 is 1.71 bits per heavy atom. The summed E-state index contributed by atoms with van der Waals surface area (Å²) in [6.45, 7) is 7.18. The number of hydrogen-bond acceptors (Lipinski definition) is 6. The summed E-state index contributed by atoms with van der Waals surface area (Å²) in [5, 5.41) is 0. The number of hydrogen-bond donors (Lipinski definition) is 2. The molecule has 1 aromatic carbocycles. The van der Waals surface area contributed by atoms with Gasteiger partial charge in [0.05, 0.1) is 6.26 Å². The molecule has 1 amide bonds. The van der Waals surface area contributed by atoms with Crippen LogP contribution in [0.4, 0.5) is 11.4 Å². The van der Waals surface area contributed by atoms with Crippen LogP contribution >= 0.6 is 0 Å². The first kappa shape index (κ1) is 25.7. The van der Waals surface area contributed by atoms with Crippen molar-refractivity contribution in [2.24, 2.45) is 0 Å². The van der Waals surface area contributed by atoms with Crippen molar-refractivity contribution < 1.29 is 26.0 Å². The lowest BCUT2D eigenvalue weighted by Crippen LogP contribution is -2.40. The zero-order chi connectivity index (χ0) is 25.8. The Hall–Kier alpha value is -2.37. The van der Waals surface area contributed by atoms with Gasteiger partial charge in [0.2, 0.25) is 20.0 Å². The second-order valence-electron chi connectivity index (χ2n) is 10.7. The number of aryl methyl sites for hydroxylation is 1. The van der Waals surface area contributed by atoms with Crippen LogP contribution in [0.2, 0.25) is 0 Å². The van der Waals surface area contributed by atoms with Gasteiger partial charge in [-0.05, 0) is 64.3 Å². The molecule has 0 bridgehead atoms. The van der Waals surface area contributed by atoms with Crippen LogP contribution < -0.4 is 14.3 Å². The molecule has 0 atom stereocenters. The average molecular weight is 524 g/mol. The van der Waals surface area contributed by atoms with Crippen molar-refractivity contribution >= 4 is 37.3 Å². The van der Waals surface area contributed by atoms with E-state index in [1.165, 1.54) is 13.0 Å². The van der Waals surface area contributed by atoms with Gasteiger partial charge in [0.25, 0.3) is 5.91 Å². The third kappa shape index (κ3) is 5.26. The molecule has 1 aliphatic carbocycles. The molecule has 1 spiro atoms. The Bertz CT molecular complexity index is 1360. The number of fused-ring (bicyclic) bond motifs is 2. The minimum absolute atomic E-state index is 0.0473. The number of carbonyl (C=O) groups is 1. The van der Waals surface area contributed by atoms with Crippen LogP contribution in [0, 0.1) is 6.92 Å². The van der Waals surface area contributed by atoms with Crippen LogP contribution in [0.15, 0.2) is 33.6 Å². The fraction of sp³-hybridized carbons (Fsp3) is 0.542. The summed E-state index contributed by atoms with van der Waals surface area (Å²) in [5.74, 6) is -0.323. The second-order valence-corrected chi connectivity index (χ2v) is 14.1. The molecule has 4 rings (SSSR count). The molecule has 192 valence electrons. The van der Waals surface area contributed by atoms with Crippen molar-refractivity contribution in [3.05, 3.63) is 41.3 Å². The first-order chi connectivity index (χ1) is 16.1. The zero-order valence-electron chi connectivity index (χ0n) is 20.8. The maximum atomic E-state index is 13.6. The molecule has 0 saturated heterocycles. The smallest absolute Gasteiger partial charge is 0.294 e. The third-order valence-corrected chi connectivity index (χ3v) is 8.96. The third-order valence-electron chi connectivity index (χ3n) is 6.49. The van der Waals surface area contributed by atoms with Crippen LogP contribution in [0.5, 0.6) is 0 Å². The molecular weight excluding hydrogens is 490 g/mol. The summed E-state index contributed by atoms with van der Waals surface area (Å²) in [5.41, 5.74) is 1.13. The fourth-order valence-electron chi connectivity index (χ4n) is 5.21. The predicted octanol–water partition coefficient (Wildman–Crippen LogP) is 3.90. The number of anilines is 2. The van der Waals surface area contributed by atoms with Gasteiger partial charge in [-0.1, -0.05) is 19.3 Å². The molecule has 1 saturated carbocycles. The van der Waals surface area contributed by atoms with Gasteiger partial charge in [0, 0.05) is 34.9 Å². The minimum Gasteiger partial charge on any atom is -0.455 e. The standard InChI is InChI=1S/C24H33N3O6S2/c1-16-21(35(31,32)26-23(2,3)4)14-20(33-16)22(28)27-15-24(11-7-6-8-12-24)18-13-17(9-10-19(18)27)25-34(5,29)30/h9-10,13-14,25-26H,6-8,11-12,15H2,1-5H3. The minimum atomic E-state index is -3.88. The second kappa shape index (κ2) is 8.63. The van der Waals surface area contributed by atoms with E-state index in [4.69, 9.17) is 4.42 Å². The van der Waals surface area contributed by atoms with Gasteiger partial charge >= 0.3 is 0 Å². The quantitative estimate of drug-likeness (QED) is 0.612. The Balaban J connectivity index is 1.72. The Morgan fingerprint density at radius 1 is 1.06 bits per heavy atom. The lowest BCUT2D eigenvalue weighted by molar-refractivity contribution is 0.0954. The predicted molar refractivity (Wildman–Crippen MR) is 135 cm³/mol. The largest absolute Gasteiger partial charge is 0.455 e. The number of benzene rings is 1. The Kier molecular flexibility index (Phi) is 6.34. The molecule has 2 heterocycles. The van der Waals surface area contributed by atoms with Crippen molar-refractivity contribution in [2.45, 2.75) is 75.6 Å². The zero-order valence-corrected chi connectivity index (χ0v) is 22.4. The lowest BCUT2D eigenvalue weighted by Gasteiger charge is -2.34. The van der Waals surface area contributed by atoms with Gasteiger partial charge in [-0.2, -0.15) is 0 Å². The van der Waals surface area contributed by atoms with E-state index in [9.17, 15) is 21.6 Å². The molecule has 9 nitrogen and oxygen atoms in total. The molecule has 0 unspecified atom stereocenters. The highest BCUT2D eigenvalue weighted by Crippen LogP contribution is 2.50. The lowest BCUT2D eigenvalue weighted by atomic mass is 9.70. The van der Waals surface area contributed by atoms with Crippen LogP contribution in [0.25, 0.3) is 0 Å². The number of nitrogens with one attached hydrogen (secondary N) is 2. The maximum absolute atomic E-state index is 13.6. The average Bonchev–Trinajstić information content (AvgIpc) is 3.25. The molecular formula is C24H33N3O6S2. The van der Waals surface area contributed by atoms with Crippen LogP contribution in [-0.4, -0.2) is 41.1 Å². The molecule has 1 aromatic heterocycles. The first-order valence-corrected chi connectivity index (χ1v) is 15.1. The highest BCUT2D eigenvalue weighted by Gasteiger charge is 2.46. The number of nitrogens with zero attached hydrogens (tertiary/aromatic N) is 1. The van der Waals surface area contributed by atoms with Crippen molar-refractivity contribution in [3.8, 4) is 0 Å². The Morgan fingerprint density at radius 3 is 2.31 bits per heavy atom. The van der Waals surface area contributed by atoms with Crippen molar-refractivity contribution in [1.82, 2.24) is 4.72 Å². The summed E-state index contributed by atoms with van der Waals surface area (Å²) in [6, 6.07) is 6.50. The van der Waals surface area contributed by atoms with E-state index in [1.54, 1.807) is 37.8 Å². The number of rotatable bonds is 5. The van der Waals surface area contributed by atoms with Crippen LogP contribution in [0.1, 0.15) is 74.8 Å². The monoisotopic (exact) mass is 523 g/mol. The molecule has 35 heavy (non-hydrogen) atoms. The summed E-state index contributed by atoms with van der Waals surface area (Å²) >= 11 is 0. The number of carbonyl (C=O) groups excluding carboxylic acids is 1. The molecule has 1 aliphatic heterocycles. The van der Waals surface area contributed by atoms with Crippen LogP contribution in [0.3, 0.4) is 0 Å². The molecule has 2 aromatic rings. The van der Waals surface area contributed by atoms with Gasteiger partial charge in [-0.25, -0.2) is 21.6 Å². The van der Waals surface area contributed by atoms with Gasteiger partial charge in [-0.3, -0.25) is 9.52 Å². The molecule has 2 aliphatic rings. The summed E-state index contributed by atoms with van der Waals surface area (Å²) in [6.07, 6.45) is 6.03. The SMILES string of the molecule is Cc1oc(C(=O)N2CC3(CCCCC3)c3cc(NS(C)(=O)=O)ccc32)cc1S(=O)(=O)NC(C)(C)C. The van der Waals surface area contributed by atoms with Gasteiger partial charge in [0.15, 0.2) is 5.76 Å². The van der Waals surface area contributed by atoms with Crippen LogP contribution in [-0.2, 0) is 25.5 Å². The number of furan rings is 1. The highest BCUT2D eigenvalue weighted by atomic mass is 32.2. The van der Waals surface area contributed by atoms with E-state index in [2.05, 4.69) is 9.44 Å². The first-order valence-electron chi connectivity index (χ1n) is 11.7. The van der Waals surface area contributed by atoms with Crippen molar-refractivity contribution in [1.29, 1.82) is 0 Å². The molecule has 0 radical (unpaired) electrons. The maximum Gasteiger partial charge on any atom is 0.294 e. The van der Waals surface area contributed by atoms with Gasteiger partial charge < -0.3 is 9.32 Å². The topological polar surface area (TPSA) is 126 Å². The van der Waals surface area contributed by atoms with Crippen molar-refractivity contribution in [2.75, 3.05) is 22.4 Å². The highest BCUT2D eigenvalue weighted by molar-refractivity contribution is 7.92. The number of amides is 1. The number of sulfonamides is 2. The Labute approximate surface area is 207 Å². The van der Waals surface area contributed by atoms with Crippen molar-refractivity contribution in [3.63, 3.8) is 0 Å². The van der Waals surface area contributed by atoms with E-state index >= 15 is 0 Å². The van der Waals surface area contributed by atoms with E-state index in [1.807, 2.05) is 6.07 Å². The summed E-state index contributed by atoms with van der Waals surface area (Å²) < 4.78 is 60.1. The van der Waals surface area contributed by atoms with Gasteiger partial charge in [-0.15, -0.1) is 0 Å². The molecule has 2 N–H and O–H groups in total. The van der Waals surface area contributed by atoms with E-state index in [0.717, 1.165) is 43.9 Å². The fourth-order valence-corrected chi connectivity index (χ4v) is 7.37. The summed E-state index contributed by atoms with van der Waals surface area (Å²) in [7, 11) is -7.32. The molecule has 1 fully saturated rings. The van der Waals surface area contributed by atoms with E-state index < -0.39 is 31.5 Å². The normalized spacial score (nSPS) is 18.0.